The molecule has 0 aliphatic carbocycles. The average molecular weight is 338 g/mol. The molecule has 0 atom stereocenters. The minimum Gasteiger partial charge on any atom is -0.469 e. The van der Waals surface area contributed by atoms with Crippen LogP contribution in [0.25, 0.3) is 11.0 Å². The van der Waals surface area contributed by atoms with Crippen molar-refractivity contribution >= 4 is 22.9 Å². The molecule has 1 aliphatic rings. The van der Waals surface area contributed by atoms with Gasteiger partial charge in [-0.2, -0.15) is 0 Å². The van der Waals surface area contributed by atoms with Gasteiger partial charge in [-0.15, -0.1) is 0 Å². The molecule has 0 spiro atoms. The van der Waals surface area contributed by atoms with Crippen molar-refractivity contribution in [1.82, 2.24) is 15.3 Å². The lowest BCUT2D eigenvalue weighted by Gasteiger charge is -2.31. The predicted molar refractivity (Wildman–Crippen MR) is 96.5 cm³/mol. The first-order valence-corrected chi connectivity index (χ1v) is 8.79. The number of benzene rings is 1. The van der Waals surface area contributed by atoms with Crippen LogP contribution in [0.2, 0.25) is 0 Å². The second kappa shape index (κ2) is 7.01. The Kier molecular flexibility index (Phi) is 4.41. The molecule has 1 aliphatic heterocycles. The molecule has 6 heteroatoms. The van der Waals surface area contributed by atoms with Gasteiger partial charge in [0.15, 0.2) is 0 Å². The molecule has 0 bridgehead atoms. The van der Waals surface area contributed by atoms with Gasteiger partial charge in [-0.3, -0.25) is 4.79 Å². The first-order valence-electron chi connectivity index (χ1n) is 8.79. The van der Waals surface area contributed by atoms with E-state index < -0.39 is 0 Å². The zero-order chi connectivity index (χ0) is 17.1. The maximum absolute atomic E-state index is 12.3. The molecule has 1 fully saturated rings. The molecule has 0 saturated carbocycles. The normalized spacial score (nSPS) is 15.6. The number of carbonyl (C=O) groups is 1. The van der Waals surface area contributed by atoms with Crippen molar-refractivity contribution in [1.29, 1.82) is 0 Å². The van der Waals surface area contributed by atoms with Gasteiger partial charge in [-0.25, -0.2) is 4.98 Å². The summed E-state index contributed by atoms with van der Waals surface area (Å²) in [7, 11) is 0. The van der Waals surface area contributed by atoms with Crippen molar-refractivity contribution in [2.45, 2.75) is 19.3 Å². The topological polar surface area (TPSA) is 74.2 Å². The van der Waals surface area contributed by atoms with Crippen LogP contribution in [0.15, 0.2) is 47.1 Å². The molecular formula is C19H22N4O2. The van der Waals surface area contributed by atoms with E-state index in [1.807, 2.05) is 36.4 Å². The van der Waals surface area contributed by atoms with Crippen molar-refractivity contribution in [2.75, 3.05) is 24.5 Å². The zero-order valence-electron chi connectivity index (χ0n) is 14.1. The molecule has 0 radical (unpaired) electrons. The average Bonchev–Trinajstić information content (AvgIpc) is 3.31. The maximum atomic E-state index is 12.3. The molecule has 130 valence electrons. The number of furan rings is 1. The Morgan fingerprint density at radius 1 is 1.24 bits per heavy atom. The van der Waals surface area contributed by atoms with E-state index in [0.717, 1.165) is 55.1 Å². The van der Waals surface area contributed by atoms with E-state index in [-0.39, 0.29) is 11.8 Å². The number of para-hydroxylation sites is 2. The summed E-state index contributed by atoms with van der Waals surface area (Å²) in [5, 5.41) is 3.03. The number of hydrogen-bond acceptors (Lipinski definition) is 4. The molecule has 1 amide bonds. The first-order chi connectivity index (χ1) is 12.3. The predicted octanol–water partition coefficient (Wildman–Crippen LogP) is 2.73. The fourth-order valence-electron chi connectivity index (χ4n) is 3.35. The standard InChI is InChI=1S/C19H22N4O2/c24-18(20-10-7-15-4-3-13-25-15)14-8-11-23(12-9-14)19-21-16-5-1-2-6-17(16)22-19/h1-6,13-14H,7-12H2,(H,20,24)(H,21,22). The van der Waals surface area contributed by atoms with Crippen LogP contribution in [0.3, 0.4) is 0 Å². The van der Waals surface area contributed by atoms with E-state index in [2.05, 4.69) is 20.2 Å². The van der Waals surface area contributed by atoms with Gasteiger partial charge < -0.3 is 19.6 Å². The fourth-order valence-corrected chi connectivity index (χ4v) is 3.35. The summed E-state index contributed by atoms with van der Waals surface area (Å²) in [4.78, 5) is 22.6. The molecule has 2 N–H and O–H groups in total. The Balaban J connectivity index is 1.28. The van der Waals surface area contributed by atoms with Crippen LogP contribution < -0.4 is 10.2 Å². The number of aromatic nitrogens is 2. The summed E-state index contributed by atoms with van der Waals surface area (Å²) in [6.45, 7) is 2.31. The highest BCUT2D eigenvalue weighted by Gasteiger charge is 2.26. The summed E-state index contributed by atoms with van der Waals surface area (Å²) in [5.41, 5.74) is 2.03. The number of carbonyl (C=O) groups excluding carboxylic acids is 1. The number of aromatic amines is 1. The number of fused-ring (bicyclic) bond motifs is 1. The van der Waals surface area contributed by atoms with Crippen molar-refractivity contribution in [3.8, 4) is 0 Å². The van der Waals surface area contributed by atoms with E-state index in [0.29, 0.717) is 6.54 Å². The minimum atomic E-state index is 0.0808. The third kappa shape index (κ3) is 3.52. The van der Waals surface area contributed by atoms with E-state index in [9.17, 15) is 4.79 Å². The summed E-state index contributed by atoms with van der Waals surface area (Å²) >= 11 is 0. The fraction of sp³-hybridized carbons (Fsp3) is 0.368. The largest absolute Gasteiger partial charge is 0.469 e. The third-order valence-corrected chi connectivity index (χ3v) is 4.79. The van der Waals surface area contributed by atoms with Crippen molar-refractivity contribution in [3.63, 3.8) is 0 Å². The number of H-pyrrole nitrogens is 1. The summed E-state index contributed by atoms with van der Waals surface area (Å²) < 4.78 is 5.28. The van der Waals surface area contributed by atoms with Crippen LogP contribution in [0, 0.1) is 5.92 Å². The molecular weight excluding hydrogens is 316 g/mol. The number of nitrogens with one attached hydrogen (secondary N) is 2. The van der Waals surface area contributed by atoms with Crippen LogP contribution in [0.5, 0.6) is 0 Å². The minimum absolute atomic E-state index is 0.0808. The highest BCUT2D eigenvalue weighted by molar-refractivity contribution is 5.79. The number of hydrogen-bond donors (Lipinski definition) is 2. The van der Waals surface area contributed by atoms with Gasteiger partial charge in [0.25, 0.3) is 0 Å². The Morgan fingerprint density at radius 2 is 2.08 bits per heavy atom. The van der Waals surface area contributed by atoms with E-state index >= 15 is 0 Å². The smallest absolute Gasteiger partial charge is 0.223 e. The van der Waals surface area contributed by atoms with Gasteiger partial charge in [0.1, 0.15) is 5.76 Å². The molecule has 3 heterocycles. The maximum Gasteiger partial charge on any atom is 0.223 e. The van der Waals surface area contributed by atoms with E-state index in [4.69, 9.17) is 4.42 Å². The quantitative estimate of drug-likeness (QED) is 0.750. The van der Waals surface area contributed by atoms with Gasteiger partial charge in [-0.1, -0.05) is 12.1 Å². The van der Waals surface area contributed by atoms with Crippen LogP contribution in [-0.2, 0) is 11.2 Å². The van der Waals surface area contributed by atoms with Gasteiger partial charge in [0.05, 0.1) is 17.3 Å². The van der Waals surface area contributed by atoms with Gasteiger partial charge in [-0.05, 0) is 37.1 Å². The molecule has 3 aromatic rings. The lowest BCUT2D eigenvalue weighted by atomic mass is 9.96. The Morgan fingerprint density at radius 3 is 2.84 bits per heavy atom. The Labute approximate surface area is 146 Å². The molecule has 1 aromatic carbocycles. The zero-order valence-corrected chi connectivity index (χ0v) is 14.1. The molecule has 1 saturated heterocycles. The lowest BCUT2D eigenvalue weighted by Crippen LogP contribution is -2.41. The molecule has 6 nitrogen and oxygen atoms in total. The number of amides is 1. The van der Waals surface area contributed by atoms with Gasteiger partial charge in [0.2, 0.25) is 11.9 Å². The van der Waals surface area contributed by atoms with Crippen LogP contribution in [0.1, 0.15) is 18.6 Å². The van der Waals surface area contributed by atoms with Crippen molar-refractivity contribution in [3.05, 3.63) is 48.4 Å². The first kappa shape index (κ1) is 15.7. The van der Waals surface area contributed by atoms with Crippen LogP contribution in [-0.4, -0.2) is 35.5 Å². The monoisotopic (exact) mass is 338 g/mol. The third-order valence-electron chi connectivity index (χ3n) is 4.79. The second-order valence-electron chi connectivity index (χ2n) is 6.46. The van der Waals surface area contributed by atoms with Crippen molar-refractivity contribution < 1.29 is 9.21 Å². The van der Waals surface area contributed by atoms with E-state index in [1.54, 1.807) is 6.26 Å². The van der Waals surface area contributed by atoms with Crippen molar-refractivity contribution in [2.24, 2.45) is 5.92 Å². The number of nitrogens with zero attached hydrogens (tertiary/aromatic N) is 2. The van der Waals surface area contributed by atoms with Crippen LogP contribution in [0.4, 0.5) is 5.95 Å². The van der Waals surface area contributed by atoms with Crippen LogP contribution >= 0.6 is 0 Å². The molecule has 25 heavy (non-hydrogen) atoms. The molecule has 2 aromatic heterocycles. The summed E-state index contributed by atoms with van der Waals surface area (Å²) in [6.07, 6.45) is 4.09. The van der Waals surface area contributed by atoms with Gasteiger partial charge >= 0.3 is 0 Å². The highest BCUT2D eigenvalue weighted by Crippen LogP contribution is 2.23. The lowest BCUT2D eigenvalue weighted by molar-refractivity contribution is -0.125. The molecule has 0 unspecified atom stereocenters. The second-order valence-corrected chi connectivity index (χ2v) is 6.46. The summed E-state index contributed by atoms with van der Waals surface area (Å²) in [5.74, 6) is 2.03. The highest BCUT2D eigenvalue weighted by atomic mass is 16.3. The van der Waals surface area contributed by atoms with Gasteiger partial charge in [0, 0.05) is 32.0 Å². The molecule has 4 rings (SSSR count). The Bertz CT molecular complexity index is 799. The SMILES string of the molecule is O=C(NCCc1ccco1)C1CCN(c2nc3ccccc3[nH]2)CC1. The number of imidazole rings is 1. The number of anilines is 1. The number of rotatable bonds is 5. The Hall–Kier alpha value is -2.76. The number of piperidine rings is 1. The summed E-state index contributed by atoms with van der Waals surface area (Å²) in [6, 6.07) is 11.8. The van der Waals surface area contributed by atoms with E-state index in [1.165, 1.54) is 0 Å².